The maximum atomic E-state index is 14.5. The zero-order valence-corrected chi connectivity index (χ0v) is 21.9. The minimum absolute atomic E-state index is 0.148. The molecule has 0 aromatic heterocycles. The van der Waals surface area contributed by atoms with E-state index in [-0.39, 0.29) is 16.2 Å². The number of carbonyl (C=O) groups is 2. The van der Waals surface area contributed by atoms with Crippen LogP contribution in [0.1, 0.15) is 93.7 Å². The standard InChI is InChI=1S/C33H39NO3/c1-2-21-3-4-26-5-6-34(18-27(26)9-21)28(35)30-10-22-7-23(11-30)15-32(14-22,19-30)33-16-24-8-25(17-33)13-31(12-24,20-33)29(36)37/h1,3-4,9,22-25H,5-8,10-20H2,(H,36,37). The fraction of sp³-hybridized carbons (Fsp3) is 0.697. The van der Waals surface area contributed by atoms with Gasteiger partial charge >= 0.3 is 5.97 Å². The van der Waals surface area contributed by atoms with Crippen LogP contribution < -0.4 is 0 Å². The van der Waals surface area contributed by atoms with Gasteiger partial charge in [-0.05, 0) is 141 Å². The maximum Gasteiger partial charge on any atom is 0.309 e. The lowest BCUT2D eigenvalue weighted by atomic mass is 9.31. The summed E-state index contributed by atoms with van der Waals surface area (Å²) < 4.78 is 0. The summed E-state index contributed by atoms with van der Waals surface area (Å²) in [6.07, 6.45) is 19.9. The minimum Gasteiger partial charge on any atom is -0.481 e. The van der Waals surface area contributed by atoms with Crippen molar-refractivity contribution in [3.63, 3.8) is 0 Å². The molecule has 1 aromatic carbocycles. The van der Waals surface area contributed by atoms with Crippen molar-refractivity contribution in [1.82, 2.24) is 4.90 Å². The van der Waals surface area contributed by atoms with Gasteiger partial charge in [0.05, 0.1) is 10.8 Å². The number of rotatable bonds is 3. The number of carboxylic acids is 1. The van der Waals surface area contributed by atoms with Gasteiger partial charge in [0.15, 0.2) is 0 Å². The van der Waals surface area contributed by atoms with Crippen molar-refractivity contribution >= 4 is 11.9 Å². The van der Waals surface area contributed by atoms with Crippen LogP contribution in [-0.4, -0.2) is 28.4 Å². The second-order valence-electron chi connectivity index (χ2n) is 15.0. The molecule has 1 aromatic rings. The van der Waals surface area contributed by atoms with Crippen molar-refractivity contribution in [2.45, 2.75) is 90.0 Å². The smallest absolute Gasteiger partial charge is 0.309 e. The molecule has 0 spiro atoms. The van der Waals surface area contributed by atoms with Crippen LogP contribution in [0.5, 0.6) is 0 Å². The quantitative estimate of drug-likeness (QED) is 0.536. The Kier molecular flexibility index (Phi) is 4.42. The first-order chi connectivity index (χ1) is 17.7. The number of amides is 1. The van der Waals surface area contributed by atoms with E-state index >= 15 is 0 Å². The predicted molar refractivity (Wildman–Crippen MR) is 140 cm³/mol. The molecule has 1 heterocycles. The first-order valence-electron chi connectivity index (χ1n) is 14.9. The summed E-state index contributed by atoms with van der Waals surface area (Å²) in [6.45, 7) is 1.49. The van der Waals surface area contributed by atoms with Crippen LogP contribution in [-0.2, 0) is 22.6 Å². The Hall–Kier alpha value is -2.28. The zero-order valence-electron chi connectivity index (χ0n) is 21.9. The van der Waals surface area contributed by atoms with Gasteiger partial charge in [0.1, 0.15) is 0 Å². The van der Waals surface area contributed by atoms with Gasteiger partial charge in [-0.2, -0.15) is 0 Å². The van der Waals surface area contributed by atoms with Crippen LogP contribution in [0.15, 0.2) is 18.2 Å². The van der Waals surface area contributed by atoms with Crippen molar-refractivity contribution in [3.8, 4) is 12.3 Å². The van der Waals surface area contributed by atoms with E-state index in [0.29, 0.717) is 36.1 Å². The summed E-state index contributed by atoms with van der Waals surface area (Å²) in [4.78, 5) is 29.4. The summed E-state index contributed by atoms with van der Waals surface area (Å²) in [5.41, 5.74) is 3.05. The number of hydrogen-bond donors (Lipinski definition) is 1. The summed E-state index contributed by atoms with van der Waals surface area (Å²) in [5.74, 6) is 5.09. The van der Waals surface area contributed by atoms with Gasteiger partial charge in [0.2, 0.25) is 5.91 Å². The van der Waals surface area contributed by atoms with Gasteiger partial charge in [0.25, 0.3) is 0 Å². The molecule has 1 amide bonds. The van der Waals surface area contributed by atoms with E-state index < -0.39 is 11.4 Å². The summed E-state index contributed by atoms with van der Waals surface area (Å²) in [7, 11) is 0. The van der Waals surface area contributed by atoms with E-state index in [2.05, 4.69) is 23.0 Å². The Bertz CT molecular complexity index is 1230. The average Bonchev–Trinajstić information content (AvgIpc) is 2.86. The molecular weight excluding hydrogens is 458 g/mol. The molecule has 1 aliphatic heterocycles. The summed E-state index contributed by atoms with van der Waals surface area (Å²) in [6, 6.07) is 6.28. The molecule has 8 aliphatic carbocycles. The Labute approximate surface area is 220 Å². The van der Waals surface area contributed by atoms with E-state index in [4.69, 9.17) is 6.42 Å². The lowest BCUT2D eigenvalue weighted by molar-refractivity contribution is -0.240. The van der Waals surface area contributed by atoms with Crippen molar-refractivity contribution in [1.29, 1.82) is 0 Å². The van der Waals surface area contributed by atoms with E-state index in [1.54, 1.807) is 0 Å². The van der Waals surface area contributed by atoms with Gasteiger partial charge in [-0.25, -0.2) is 0 Å². The van der Waals surface area contributed by atoms with Gasteiger partial charge < -0.3 is 10.0 Å². The molecule has 9 aliphatic rings. The van der Waals surface area contributed by atoms with Crippen LogP contribution in [0.3, 0.4) is 0 Å². The second-order valence-corrected chi connectivity index (χ2v) is 15.0. The van der Waals surface area contributed by atoms with Gasteiger partial charge in [-0.15, -0.1) is 6.42 Å². The third kappa shape index (κ3) is 2.98. The first kappa shape index (κ1) is 22.7. The highest BCUT2D eigenvalue weighted by atomic mass is 16.4. The number of hydrogen-bond acceptors (Lipinski definition) is 2. The van der Waals surface area contributed by atoms with Crippen molar-refractivity contribution in [2.24, 2.45) is 45.3 Å². The second kappa shape index (κ2) is 7.22. The van der Waals surface area contributed by atoms with Crippen LogP contribution in [0.2, 0.25) is 0 Å². The van der Waals surface area contributed by atoms with Crippen LogP contribution >= 0.6 is 0 Å². The first-order valence-corrected chi connectivity index (χ1v) is 14.9. The molecule has 4 unspecified atom stereocenters. The van der Waals surface area contributed by atoms with Crippen molar-refractivity contribution in [3.05, 3.63) is 34.9 Å². The molecule has 4 atom stereocenters. The van der Waals surface area contributed by atoms with Gasteiger partial charge in [-0.1, -0.05) is 12.0 Å². The van der Waals surface area contributed by atoms with E-state index in [9.17, 15) is 14.7 Å². The third-order valence-electron chi connectivity index (χ3n) is 12.8. The highest BCUT2D eigenvalue weighted by Crippen LogP contribution is 2.78. The number of aliphatic carboxylic acids is 1. The molecule has 8 fully saturated rings. The summed E-state index contributed by atoms with van der Waals surface area (Å²) in [5, 5.41) is 10.4. The van der Waals surface area contributed by atoms with E-state index in [0.717, 1.165) is 57.1 Å². The maximum absolute atomic E-state index is 14.5. The molecule has 8 bridgehead atoms. The van der Waals surface area contributed by atoms with Gasteiger partial charge in [-0.3, -0.25) is 9.59 Å². The number of carbonyl (C=O) groups excluding carboxylic acids is 1. The number of nitrogens with zero attached hydrogens (tertiary/aromatic N) is 1. The molecule has 4 nitrogen and oxygen atoms in total. The highest BCUT2D eigenvalue weighted by Gasteiger charge is 2.72. The zero-order chi connectivity index (χ0) is 25.2. The Morgan fingerprint density at radius 1 is 0.838 bits per heavy atom. The lowest BCUT2D eigenvalue weighted by Gasteiger charge is -2.73. The molecule has 1 N–H and O–H groups in total. The number of fused-ring (bicyclic) bond motifs is 1. The Balaban J connectivity index is 1.14. The van der Waals surface area contributed by atoms with Crippen molar-refractivity contribution in [2.75, 3.05) is 6.54 Å². The van der Waals surface area contributed by atoms with E-state index in [1.165, 1.54) is 49.7 Å². The van der Waals surface area contributed by atoms with Crippen LogP contribution in [0, 0.1) is 57.7 Å². The normalized spacial score (nSPS) is 46.5. The molecule has 194 valence electrons. The monoisotopic (exact) mass is 497 g/mol. The largest absolute Gasteiger partial charge is 0.481 e. The lowest BCUT2D eigenvalue weighted by Crippen LogP contribution is -2.67. The molecule has 10 rings (SSSR count). The minimum atomic E-state index is -0.528. The molecule has 8 saturated carbocycles. The molecular formula is C33H39NO3. The number of carboxylic acid groups (broad SMARTS) is 1. The predicted octanol–water partition coefficient (Wildman–Crippen LogP) is 5.81. The van der Waals surface area contributed by atoms with E-state index in [1.807, 2.05) is 6.07 Å². The topological polar surface area (TPSA) is 57.6 Å². The number of benzene rings is 1. The average molecular weight is 498 g/mol. The fourth-order valence-electron chi connectivity index (χ4n) is 12.4. The molecule has 4 heteroatoms. The van der Waals surface area contributed by atoms with Crippen LogP contribution in [0.4, 0.5) is 0 Å². The summed E-state index contributed by atoms with van der Waals surface area (Å²) >= 11 is 0. The number of terminal acetylenes is 1. The van der Waals surface area contributed by atoms with Gasteiger partial charge in [0, 0.05) is 18.7 Å². The third-order valence-corrected chi connectivity index (χ3v) is 12.8. The molecule has 0 saturated heterocycles. The molecule has 0 radical (unpaired) electrons. The SMILES string of the molecule is C#Cc1ccc2c(c1)CN(C(=O)C13CC4CC(C1)CC(C15CC6CC(CC(C(=O)O)(C6)C1)C5)(C4)C3)CC2. The van der Waals surface area contributed by atoms with Crippen LogP contribution in [0.25, 0.3) is 0 Å². The molecule has 37 heavy (non-hydrogen) atoms. The highest BCUT2D eigenvalue weighted by molar-refractivity contribution is 5.84. The Morgan fingerprint density at radius 3 is 1.97 bits per heavy atom. The fourth-order valence-corrected chi connectivity index (χ4v) is 12.4. The van der Waals surface area contributed by atoms with Crippen molar-refractivity contribution < 1.29 is 14.7 Å². The Morgan fingerprint density at radius 2 is 1.41 bits per heavy atom.